The molecule has 1 amide bonds. The summed E-state index contributed by atoms with van der Waals surface area (Å²) in [7, 11) is 1.46. The average molecular weight is 526 g/mol. The number of pyridine rings is 1. The molecule has 0 fully saturated rings. The Balaban J connectivity index is 1.70. The number of fused-ring (bicyclic) bond motifs is 1. The standard InChI is InChI=1S/C29H30F3N3O3/c1-17-15-33-28(21-12-8-9-13-23(21)37-4)26-22(29(30,31)32)14-25(35-27(26)18(17)2)38-16-24(36)34-19(3)20-10-6-5-7-11-20/h5-14,17-19H,15-16H2,1-4H3,(H,34,36). The highest BCUT2D eigenvalue weighted by atomic mass is 19.4. The van der Waals surface area contributed by atoms with E-state index in [2.05, 4.69) is 15.3 Å². The van der Waals surface area contributed by atoms with Gasteiger partial charge >= 0.3 is 6.18 Å². The van der Waals surface area contributed by atoms with E-state index in [1.165, 1.54) is 7.11 Å². The number of nitrogens with zero attached hydrogens (tertiary/aromatic N) is 2. The molecule has 0 saturated heterocycles. The summed E-state index contributed by atoms with van der Waals surface area (Å²) in [6, 6.07) is 16.7. The number of para-hydroxylation sites is 1. The minimum absolute atomic E-state index is 0.0835. The summed E-state index contributed by atoms with van der Waals surface area (Å²) in [6.45, 7) is 5.41. The van der Waals surface area contributed by atoms with Crippen molar-refractivity contribution in [3.63, 3.8) is 0 Å². The number of halogens is 3. The van der Waals surface area contributed by atoms with E-state index >= 15 is 0 Å². The van der Waals surface area contributed by atoms with Crippen molar-refractivity contribution in [1.29, 1.82) is 0 Å². The van der Waals surface area contributed by atoms with Crippen molar-refractivity contribution < 1.29 is 27.4 Å². The molecule has 0 aliphatic carbocycles. The van der Waals surface area contributed by atoms with Gasteiger partial charge in [-0.05, 0) is 30.5 Å². The van der Waals surface area contributed by atoms with Gasteiger partial charge in [-0.25, -0.2) is 4.98 Å². The highest BCUT2D eigenvalue weighted by Crippen LogP contribution is 2.42. The van der Waals surface area contributed by atoms with Crippen molar-refractivity contribution in [2.24, 2.45) is 10.9 Å². The Bertz CT molecular complexity index is 1330. The minimum Gasteiger partial charge on any atom is -0.496 e. The fourth-order valence-electron chi connectivity index (χ4n) is 4.47. The van der Waals surface area contributed by atoms with Crippen LogP contribution >= 0.6 is 0 Å². The monoisotopic (exact) mass is 525 g/mol. The Kier molecular flexibility index (Phi) is 8.04. The van der Waals surface area contributed by atoms with Gasteiger partial charge in [0.15, 0.2) is 6.61 Å². The van der Waals surface area contributed by atoms with Crippen molar-refractivity contribution in [2.45, 2.75) is 38.9 Å². The Morgan fingerprint density at radius 2 is 1.79 bits per heavy atom. The summed E-state index contributed by atoms with van der Waals surface area (Å²) in [5.41, 5.74) is 0.744. The summed E-state index contributed by atoms with van der Waals surface area (Å²) in [5.74, 6) is -0.752. The first-order valence-electron chi connectivity index (χ1n) is 12.4. The number of amides is 1. The zero-order valence-electron chi connectivity index (χ0n) is 21.7. The molecule has 3 atom stereocenters. The smallest absolute Gasteiger partial charge is 0.417 e. The SMILES string of the molecule is COc1ccccc1C1=NCC(C)C(C)c2nc(OCC(=O)NC(C)c3ccccc3)cc(C(F)(F)F)c21. The third-order valence-corrected chi connectivity index (χ3v) is 6.78. The largest absolute Gasteiger partial charge is 0.496 e. The maximum absolute atomic E-state index is 14.5. The Morgan fingerprint density at radius 3 is 2.47 bits per heavy atom. The minimum atomic E-state index is -4.72. The lowest BCUT2D eigenvalue weighted by Gasteiger charge is -2.23. The third-order valence-electron chi connectivity index (χ3n) is 6.78. The number of hydrogen-bond acceptors (Lipinski definition) is 5. The van der Waals surface area contributed by atoms with E-state index in [0.29, 0.717) is 17.9 Å². The molecular formula is C29H30F3N3O3. The summed E-state index contributed by atoms with van der Waals surface area (Å²) in [4.78, 5) is 21.6. The van der Waals surface area contributed by atoms with Crippen molar-refractivity contribution >= 4 is 11.6 Å². The number of nitrogens with one attached hydrogen (secondary N) is 1. The fraction of sp³-hybridized carbons (Fsp3) is 0.345. The second kappa shape index (κ2) is 11.2. The molecule has 200 valence electrons. The number of methoxy groups -OCH3 is 1. The van der Waals surface area contributed by atoms with Crippen LogP contribution in [-0.2, 0) is 11.0 Å². The van der Waals surface area contributed by atoms with E-state index < -0.39 is 24.3 Å². The molecule has 2 heterocycles. The molecule has 0 saturated carbocycles. The van der Waals surface area contributed by atoms with Gasteiger partial charge in [0, 0.05) is 29.7 Å². The molecule has 0 bridgehead atoms. The lowest BCUT2D eigenvalue weighted by molar-refractivity contribution is -0.137. The summed E-state index contributed by atoms with van der Waals surface area (Å²) >= 11 is 0. The quantitative estimate of drug-likeness (QED) is 0.414. The topological polar surface area (TPSA) is 72.8 Å². The van der Waals surface area contributed by atoms with Crippen LogP contribution in [-0.4, -0.2) is 36.9 Å². The average Bonchev–Trinajstić information content (AvgIpc) is 3.03. The molecular weight excluding hydrogens is 495 g/mol. The zero-order valence-corrected chi connectivity index (χ0v) is 21.7. The molecule has 2 aromatic carbocycles. The van der Waals surface area contributed by atoms with Gasteiger partial charge in [-0.15, -0.1) is 0 Å². The van der Waals surface area contributed by atoms with Crippen LogP contribution in [0.2, 0.25) is 0 Å². The second-order valence-electron chi connectivity index (χ2n) is 9.41. The maximum Gasteiger partial charge on any atom is 0.417 e. The van der Waals surface area contributed by atoms with Crippen LogP contribution in [0.5, 0.6) is 11.6 Å². The summed E-state index contributed by atoms with van der Waals surface area (Å²) in [5, 5.41) is 2.79. The number of hydrogen-bond donors (Lipinski definition) is 1. The summed E-state index contributed by atoms with van der Waals surface area (Å²) in [6.07, 6.45) is -4.72. The number of carbonyl (C=O) groups excluding carboxylic acids is 1. The molecule has 1 aromatic heterocycles. The van der Waals surface area contributed by atoms with Crippen LogP contribution in [0.15, 0.2) is 65.7 Å². The van der Waals surface area contributed by atoms with Crippen molar-refractivity contribution in [2.75, 3.05) is 20.3 Å². The normalized spacial score (nSPS) is 18.0. The van der Waals surface area contributed by atoms with E-state index in [0.717, 1.165) is 11.6 Å². The molecule has 1 aliphatic rings. The van der Waals surface area contributed by atoms with Crippen molar-refractivity contribution in [3.05, 3.63) is 88.6 Å². The van der Waals surface area contributed by atoms with Crippen LogP contribution in [0.4, 0.5) is 13.2 Å². The molecule has 3 aromatic rings. The van der Waals surface area contributed by atoms with E-state index in [9.17, 15) is 18.0 Å². The van der Waals surface area contributed by atoms with E-state index in [4.69, 9.17) is 9.47 Å². The Morgan fingerprint density at radius 1 is 1.11 bits per heavy atom. The van der Waals surface area contributed by atoms with E-state index in [1.54, 1.807) is 24.3 Å². The number of alkyl halides is 3. The van der Waals surface area contributed by atoms with Gasteiger partial charge in [0.2, 0.25) is 5.88 Å². The highest BCUT2D eigenvalue weighted by Gasteiger charge is 2.40. The van der Waals surface area contributed by atoms with Crippen LogP contribution in [0.1, 0.15) is 60.7 Å². The maximum atomic E-state index is 14.5. The molecule has 0 spiro atoms. The highest BCUT2D eigenvalue weighted by molar-refractivity contribution is 6.16. The lowest BCUT2D eigenvalue weighted by atomic mass is 9.87. The van der Waals surface area contributed by atoms with Crippen LogP contribution < -0.4 is 14.8 Å². The number of carbonyl (C=O) groups is 1. The Hall–Kier alpha value is -3.88. The van der Waals surface area contributed by atoms with Gasteiger partial charge in [0.1, 0.15) is 5.75 Å². The number of rotatable bonds is 7. The molecule has 0 radical (unpaired) electrons. The zero-order chi connectivity index (χ0) is 27.4. The predicted molar refractivity (Wildman–Crippen MR) is 139 cm³/mol. The van der Waals surface area contributed by atoms with Gasteiger partial charge < -0.3 is 14.8 Å². The van der Waals surface area contributed by atoms with E-state index in [1.807, 2.05) is 51.1 Å². The van der Waals surface area contributed by atoms with Gasteiger partial charge in [0.05, 0.1) is 30.1 Å². The summed E-state index contributed by atoms with van der Waals surface area (Å²) < 4.78 is 54.4. The van der Waals surface area contributed by atoms with Gasteiger partial charge in [-0.1, -0.05) is 56.3 Å². The van der Waals surface area contributed by atoms with Crippen LogP contribution in [0, 0.1) is 5.92 Å². The number of ether oxygens (including phenoxy) is 2. The first-order valence-corrected chi connectivity index (χ1v) is 12.4. The molecule has 1 aliphatic heterocycles. The van der Waals surface area contributed by atoms with E-state index in [-0.39, 0.29) is 40.7 Å². The van der Waals surface area contributed by atoms with Crippen LogP contribution in [0.25, 0.3) is 0 Å². The molecule has 6 nitrogen and oxygen atoms in total. The molecule has 9 heteroatoms. The second-order valence-corrected chi connectivity index (χ2v) is 9.41. The molecule has 4 rings (SSSR count). The van der Waals surface area contributed by atoms with Crippen LogP contribution in [0.3, 0.4) is 0 Å². The Labute approximate surface area is 219 Å². The number of benzene rings is 2. The predicted octanol–water partition coefficient (Wildman–Crippen LogP) is 5.96. The van der Waals surface area contributed by atoms with Crippen molar-refractivity contribution in [1.82, 2.24) is 10.3 Å². The molecule has 3 unspecified atom stereocenters. The number of aliphatic imine (C=N–C) groups is 1. The third kappa shape index (κ3) is 5.82. The number of aromatic nitrogens is 1. The van der Waals surface area contributed by atoms with Gasteiger partial charge in [-0.3, -0.25) is 9.79 Å². The van der Waals surface area contributed by atoms with Gasteiger partial charge in [-0.2, -0.15) is 13.2 Å². The fourth-order valence-corrected chi connectivity index (χ4v) is 4.47. The lowest BCUT2D eigenvalue weighted by Crippen LogP contribution is -2.31. The first kappa shape index (κ1) is 27.2. The molecule has 1 N–H and O–H groups in total. The van der Waals surface area contributed by atoms with Crippen molar-refractivity contribution in [3.8, 4) is 11.6 Å². The molecule has 38 heavy (non-hydrogen) atoms. The van der Waals surface area contributed by atoms with Gasteiger partial charge in [0.25, 0.3) is 5.91 Å². The first-order chi connectivity index (χ1) is 18.1.